The van der Waals surface area contributed by atoms with E-state index in [1.165, 1.54) is 18.0 Å². The Bertz CT molecular complexity index is 1100. The first kappa shape index (κ1) is 19.9. The Morgan fingerprint density at radius 1 is 0.935 bits per heavy atom. The van der Waals surface area contributed by atoms with Crippen molar-refractivity contribution >= 4 is 23.3 Å². The van der Waals surface area contributed by atoms with Crippen LogP contribution >= 0.6 is 0 Å². The average Bonchev–Trinajstić information content (AvgIpc) is 3.24. The van der Waals surface area contributed by atoms with Gasteiger partial charge in [-0.2, -0.15) is 10.5 Å². The third kappa shape index (κ3) is 4.60. The number of amidine groups is 1. The third-order valence-corrected chi connectivity index (χ3v) is 4.91. The molecule has 0 saturated heterocycles. The molecule has 1 atom stereocenters. The number of nitriles is 2. The standard InChI is InChI=1S/C23H19N7O/c24-11-17-4-9-21(27-13-17)30(22-10-5-18(12-25)14-28-22)20-7-2-16(3-8-20)1-6-19-15-31-23(26)29-19/h2-5,7-10,13-14,19H,1,6,15H2,(H2,26,29)/t19-/m0/s1. The summed E-state index contributed by atoms with van der Waals surface area (Å²) in [4.78, 5) is 15.0. The molecule has 4 rings (SSSR count). The summed E-state index contributed by atoms with van der Waals surface area (Å²) in [6.45, 7) is 0.534. The number of rotatable bonds is 6. The second kappa shape index (κ2) is 8.93. The van der Waals surface area contributed by atoms with E-state index in [0.717, 1.165) is 18.5 Å². The van der Waals surface area contributed by atoms with Crippen LogP contribution in [0.5, 0.6) is 0 Å². The first-order valence-electron chi connectivity index (χ1n) is 9.74. The van der Waals surface area contributed by atoms with E-state index in [4.69, 9.17) is 21.0 Å². The highest BCUT2D eigenvalue weighted by Gasteiger charge is 2.17. The summed E-state index contributed by atoms with van der Waals surface area (Å²) >= 11 is 0. The number of ether oxygens (including phenoxy) is 1. The minimum absolute atomic E-state index is 0.0990. The molecule has 0 bridgehead atoms. The summed E-state index contributed by atoms with van der Waals surface area (Å²) in [7, 11) is 0. The Balaban J connectivity index is 1.59. The van der Waals surface area contributed by atoms with Crippen molar-refractivity contribution in [3.63, 3.8) is 0 Å². The largest absolute Gasteiger partial charge is 0.463 e. The quantitative estimate of drug-likeness (QED) is 0.662. The molecule has 0 unspecified atom stereocenters. The van der Waals surface area contributed by atoms with Crippen LogP contribution in [-0.2, 0) is 11.2 Å². The van der Waals surface area contributed by atoms with Crippen LogP contribution in [0.4, 0.5) is 17.3 Å². The van der Waals surface area contributed by atoms with Gasteiger partial charge in [0.2, 0.25) is 0 Å². The maximum absolute atomic E-state index is 9.06. The van der Waals surface area contributed by atoms with Crippen molar-refractivity contribution < 1.29 is 4.74 Å². The van der Waals surface area contributed by atoms with Gasteiger partial charge in [-0.25, -0.2) is 15.0 Å². The molecule has 3 heterocycles. The molecule has 0 radical (unpaired) electrons. The van der Waals surface area contributed by atoms with Crippen molar-refractivity contribution in [2.24, 2.45) is 10.7 Å². The molecule has 8 nitrogen and oxygen atoms in total. The molecule has 0 amide bonds. The van der Waals surface area contributed by atoms with E-state index in [-0.39, 0.29) is 12.1 Å². The van der Waals surface area contributed by atoms with Gasteiger partial charge in [-0.05, 0) is 54.8 Å². The fourth-order valence-electron chi connectivity index (χ4n) is 3.28. The number of aliphatic imine (C=N–C) groups is 1. The SMILES string of the molecule is N#Cc1ccc(N(c2ccc(CC[C@H]3COC(N)=N3)cc2)c2ccc(C#N)cn2)nc1. The highest BCUT2D eigenvalue weighted by atomic mass is 16.5. The van der Waals surface area contributed by atoms with E-state index < -0.39 is 0 Å². The number of aryl methyl sites for hydroxylation is 1. The smallest absolute Gasteiger partial charge is 0.282 e. The van der Waals surface area contributed by atoms with E-state index in [9.17, 15) is 0 Å². The number of benzene rings is 1. The van der Waals surface area contributed by atoms with Gasteiger partial charge >= 0.3 is 0 Å². The molecule has 3 aromatic rings. The topological polar surface area (TPSA) is 124 Å². The Kier molecular flexibility index (Phi) is 5.72. The third-order valence-electron chi connectivity index (χ3n) is 4.91. The monoisotopic (exact) mass is 409 g/mol. The van der Waals surface area contributed by atoms with Crippen LogP contribution in [-0.4, -0.2) is 28.6 Å². The van der Waals surface area contributed by atoms with Gasteiger partial charge in [0.05, 0.1) is 17.2 Å². The molecule has 8 heteroatoms. The van der Waals surface area contributed by atoms with Crippen molar-refractivity contribution in [1.29, 1.82) is 10.5 Å². The first-order valence-corrected chi connectivity index (χ1v) is 9.74. The van der Waals surface area contributed by atoms with E-state index >= 15 is 0 Å². The summed E-state index contributed by atoms with van der Waals surface area (Å²) in [5.41, 5.74) is 8.56. The van der Waals surface area contributed by atoms with Crippen LogP contribution in [0.2, 0.25) is 0 Å². The number of pyridine rings is 2. The molecule has 2 aromatic heterocycles. The predicted molar refractivity (Wildman–Crippen MR) is 116 cm³/mol. The normalized spacial score (nSPS) is 14.8. The molecule has 0 aliphatic carbocycles. The van der Waals surface area contributed by atoms with Crippen molar-refractivity contribution in [2.45, 2.75) is 18.9 Å². The summed E-state index contributed by atoms with van der Waals surface area (Å²) in [5, 5.41) is 18.1. The highest BCUT2D eigenvalue weighted by Crippen LogP contribution is 2.32. The lowest BCUT2D eigenvalue weighted by atomic mass is 10.1. The molecule has 0 spiro atoms. The van der Waals surface area contributed by atoms with Crippen molar-refractivity contribution in [1.82, 2.24) is 9.97 Å². The van der Waals surface area contributed by atoms with Gasteiger partial charge in [0.1, 0.15) is 30.4 Å². The lowest BCUT2D eigenvalue weighted by Crippen LogP contribution is -2.13. The van der Waals surface area contributed by atoms with Crippen molar-refractivity contribution in [2.75, 3.05) is 11.5 Å². The second-order valence-corrected chi connectivity index (χ2v) is 7.01. The second-order valence-electron chi connectivity index (χ2n) is 7.01. The van der Waals surface area contributed by atoms with Crippen LogP contribution < -0.4 is 10.6 Å². The molecule has 0 saturated carbocycles. The van der Waals surface area contributed by atoms with Crippen LogP contribution in [0, 0.1) is 22.7 Å². The molecular formula is C23H19N7O. The lowest BCUT2D eigenvalue weighted by Gasteiger charge is -2.23. The summed E-state index contributed by atoms with van der Waals surface area (Å²) < 4.78 is 5.20. The van der Waals surface area contributed by atoms with Gasteiger partial charge in [0.15, 0.2) is 0 Å². The molecule has 152 valence electrons. The van der Waals surface area contributed by atoms with E-state index in [0.29, 0.717) is 29.4 Å². The predicted octanol–water partition coefficient (Wildman–Crippen LogP) is 3.34. The van der Waals surface area contributed by atoms with Crippen molar-refractivity contribution in [3.05, 3.63) is 77.6 Å². The van der Waals surface area contributed by atoms with Gasteiger partial charge in [-0.1, -0.05) is 12.1 Å². The minimum Gasteiger partial charge on any atom is -0.463 e. The zero-order valence-electron chi connectivity index (χ0n) is 16.6. The summed E-state index contributed by atoms with van der Waals surface area (Å²) in [5.74, 6) is 1.24. The Hall–Kier alpha value is -4.43. The maximum atomic E-state index is 9.06. The van der Waals surface area contributed by atoms with Gasteiger partial charge < -0.3 is 10.5 Å². The van der Waals surface area contributed by atoms with Gasteiger partial charge in [0, 0.05) is 18.1 Å². The number of nitrogens with zero attached hydrogens (tertiary/aromatic N) is 6. The number of hydrogen-bond donors (Lipinski definition) is 1. The Morgan fingerprint density at radius 3 is 2.00 bits per heavy atom. The van der Waals surface area contributed by atoms with Crippen molar-refractivity contribution in [3.8, 4) is 12.1 Å². The fraction of sp³-hybridized carbons (Fsp3) is 0.174. The number of aromatic nitrogens is 2. The zero-order chi connectivity index (χ0) is 21.6. The van der Waals surface area contributed by atoms with Crippen LogP contribution in [0.1, 0.15) is 23.1 Å². The molecule has 1 aliphatic rings. The molecule has 2 N–H and O–H groups in total. The Morgan fingerprint density at radius 2 is 1.55 bits per heavy atom. The fourth-order valence-corrected chi connectivity index (χ4v) is 3.28. The van der Waals surface area contributed by atoms with E-state index in [1.54, 1.807) is 24.3 Å². The van der Waals surface area contributed by atoms with Gasteiger partial charge in [-0.3, -0.25) is 4.90 Å². The molecule has 1 aliphatic heterocycles. The number of anilines is 3. The Labute approximate surface area is 179 Å². The van der Waals surface area contributed by atoms with E-state index in [1.807, 2.05) is 17.0 Å². The maximum Gasteiger partial charge on any atom is 0.282 e. The zero-order valence-corrected chi connectivity index (χ0v) is 16.6. The van der Waals surface area contributed by atoms with Gasteiger partial charge in [-0.15, -0.1) is 0 Å². The molecule has 0 fully saturated rings. The molecule has 31 heavy (non-hydrogen) atoms. The highest BCUT2D eigenvalue weighted by molar-refractivity contribution is 5.73. The number of hydrogen-bond acceptors (Lipinski definition) is 8. The number of nitrogens with two attached hydrogens (primary N) is 1. The van der Waals surface area contributed by atoms with Crippen LogP contribution in [0.3, 0.4) is 0 Å². The van der Waals surface area contributed by atoms with Crippen LogP contribution in [0.15, 0.2) is 65.9 Å². The average molecular weight is 409 g/mol. The minimum atomic E-state index is 0.0990. The lowest BCUT2D eigenvalue weighted by molar-refractivity contribution is 0.308. The van der Waals surface area contributed by atoms with Gasteiger partial charge in [0.25, 0.3) is 6.02 Å². The summed E-state index contributed by atoms with van der Waals surface area (Å²) in [6.07, 6.45) is 4.76. The first-order chi connectivity index (χ1) is 15.2. The van der Waals surface area contributed by atoms with Crippen LogP contribution in [0.25, 0.3) is 0 Å². The molecular weight excluding hydrogens is 390 g/mol. The molecule has 1 aromatic carbocycles. The van der Waals surface area contributed by atoms with E-state index in [2.05, 4.69) is 39.2 Å². The summed E-state index contributed by atoms with van der Waals surface area (Å²) in [6, 6.07) is 19.6.